The molecule has 4 atom stereocenters. The van der Waals surface area contributed by atoms with Gasteiger partial charge in [-0.25, -0.2) is 24.3 Å². The molecule has 1 N–H and O–H groups in total. The Morgan fingerprint density at radius 3 is 2.37 bits per heavy atom. The monoisotopic (exact) mass is 986 g/mol. The van der Waals surface area contributed by atoms with E-state index in [0.29, 0.717) is 35.3 Å². The van der Waals surface area contributed by atoms with E-state index >= 15 is 4.79 Å². The van der Waals surface area contributed by atoms with Crippen molar-refractivity contribution in [1.82, 2.24) is 24.3 Å². The van der Waals surface area contributed by atoms with Crippen LogP contribution in [0.15, 0.2) is 79.0 Å². The van der Waals surface area contributed by atoms with Crippen molar-refractivity contribution in [2.45, 2.75) is 125 Å². The Balaban J connectivity index is 1.28. The van der Waals surface area contributed by atoms with E-state index in [0.717, 1.165) is 60.3 Å². The summed E-state index contributed by atoms with van der Waals surface area (Å²) in [5, 5.41) is 5.17. The molecule has 0 bridgehead atoms. The number of aryl methyl sites for hydroxylation is 3. The molecule has 1 aliphatic carbocycles. The number of imidazole rings is 1. The molecule has 378 valence electrons. The molecule has 0 amide bonds. The SMILES string of the molecule is [C-]#[N+]C1=C(C(=O)OC2C(C)CC(C)CC2C)c2nc(-c3ccc(C)c(NS(=O)Oc4cc(C)ccc4OCCCCCCCC)c3)nn2C1(CN(CC(C)=O)c1ccc(N(C)CC)cc1C)n1ccnc1. The largest absolute Gasteiger partial charge is 0.490 e. The first-order valence-corrected chi connectivity index (χ1v) is 26.2. The maximum absolute atomic E-state index is 15.0. The van der Waals surface area contributed by atoms with E-state index in [2.05, 4.69) is 60.1 Å². The molecule has 0 saturated heterocycles. The van der Waals surface area contributed by atoms with E-state index in [1.807, 2.05) is 75.2 Å². The standard InChI is InChI=1S/C55H71N9O6S/c1-12-14-15-16-17-18-27-68-47-24-19-36(3)30-48(47)70-71(67)60-45-32-43(21-20-38(45)5)52-58-53-49(54(66)69-50-40(7)28-37(4)29-41(50)8)51(56-10)55(64(53)59-52,63-26-25-57-35-63)34-62(33-42(9)65)46-23-22-44(31-39(46)6)61(11)13-2/h19-26,30-32,35,37,40-41,50,60H,12-18,27-29,33-34H2,1-9,11H3. The quantitative estimate of drug-likeness (QED) is 0.0378. The number of benzene rings is 3. The number of ether oxygens (including phenoxy) is 2. The second-order valence-electron chi connectivity index (χ2n) is 19.8. The van der Waals surface area contributed by atoms with E-state index in [4.69, 9.17) is 30.3 Å². The summed E-state index contributed by atoms with van der Waals surface area (Å²) in [6.07, 6.45) is 13.2. The van der Waals surface area contributed by atoms with Gasteiger partial charge in [-0.1, -0.05) is 78.0 Å². The third kappa shape index (κ3) is 11.7. The summed E-state index contributed by atoms with van der Waals surface area (Å²) in [5.41, 5.74) is 3.95. The zero-order chi connectivity index (χ0) is 51.0. The summed E-state index contributed by atoms with van der Waals surface area (Å²) in [5.74, 6) is 1.18. The number of unbranched alkanes of at least 4 members (excludes halogenated alkanes) is 5. The number of nitrogens with zero attached hydrogens (tertiary/aromatic N) is 8. The number of nitrogens with one attached hydrogen (secondary N) is 1. The van der Waals surface area contributed by atoms with Gasteiger partial charge >= 0.3 is 17.2 Å². The van der Waals surface area contributed by atoms with Gasteiger partial charge in [0.25, 0.3) is 0 Å². The number of hydrogen-bond donors (Lipinski definition) is 1. The highest BCUT2D eigenvalue weighted by Gasteiger charge is 2.54. The Labute approximate surface area is 422 Å². The molecule has 4 unspecified atom stereocenters. The molecule has 1 aliphatic heterocycles. The van der Waals surface area contributed by atoms with Crippen molar-refractivity contribution in [3.63, 3.8) is 0 Å². The van der Waals surface area contributed by atoms with E-state index in [-0.39, 0.29) is 59.7 Å². The van der Waals surface area contributed by atoms with Gasteiger partial charge in [0.05, 0.1) is 38.3 Å². The first kappa shape index (κ1) is 52.4. The molecule has 71 heavy (non-hydrogen) atoms. The highest BCUT2D eigenvalue weighted by Crippen LogP contribution is 2.46. The Kier molecular flexibility index (Phi) is 17.1. The molecule has 2 aliphatic rings. The number of esters is 1. The maximum Gasteiger partial charge on any atom is 0.331 e. The number of fused-ring (bicyclic) bond motifs is 1. The Bertz CT molecular complexity index is 2770. The fraction of sp³-hybridized carbons (Fsp3) is 0.491. The van der Waals surface area contributed by atoms with Crippen LogP contribution in [0, 0.1) is 45.1 Å². The number of anilines is 3. The second-order valence-corrected chi connectivity index (χ2v) is 20.6. The Hall–Kier alpha value is -6.47. The van der Waals surface area contributed by atoms with E-state index in [9.17, 15) is 9.00 Å². The van der Waals surface area contributed by atoms with Gasteiger partial charge in [0.15, 0.2) is 28.8 Å². The summed E-state index contributed by atoms with van der Waals surface area (Å²) >= 11 is -2.04. The third-order valence-corrected chi connectivity index (χ3v) is 14.6. The van der Waals surface area contributed by atoms with Crippen molar-refractivity contribution >= 4 is 45.7 Å². The fourth-order valence-corrected chi connectivity index (χ4v) is 11.0. The number of hydrogen-bond acceptors (Lipinski definition) is 11. The molecule has 5 aromatic rings. The van der Waals surface area contributed by atoms with Crippen LogP contribution in [0.3, 0.4) is 0 Å². The number of ketones is 1. The molecule has 1 fully saturated rings. The van der Waals surface area contributed by atoms with Crippen LogP contribution < -0.4 is 23.4 Å². The van der Waals surface area contributed by atoms with Gasteiger partial charge in [-0.3, -0.25) is 9.52 Å². The van der Waals surface area contributed by atoms with Gasteiger partial charge < -0.3 is 28.0 Å². The van der Waals surface area contributed by atoms with E-state index < -0.39 is 22.9 Å². The number of carbonyl (C=O) groups is 2. The van der Waals surface area contributed by atoms with Gasteiger partial charge in [0.1, 0.15) is 17.5 Å². The molecular formula is C55H71N9O6S. The molecule has 0 radical (unpaired) electrons. The van der Waals surface area contributed by atoms with Crippen LogP contribution in [0.25, 0.3) is 21.8 Å². The van der Waals surface area contributed by atoms with E-state index in [1.54, 1.807) is 34.0 Å². The lowest BCUT2D eigenvalue weighted by Crippen LogP contribution is -2.51. The molecule has 0 spiro atoms. The van der Waals surface area contributed by atoms with Gasteiger partial charge in [-0.15, -0.1) is 5.10 Å². The molecule has 16 heteroatoms. The lowest BCUT2D eigenvalue weighted by molar-refractivity contribution is -0.150. The van der Waals surface area contributed by atoms with Crippen LogP contribution in [0.2, 0.25) is 0 Å². The molecular weight excluding hydrogens is 915 g/mol. The van der Waals surface area contributed by atoms with Gasteiger partial charge in [0, 0.05) is 42.9 Å². The number of carbonyl (C=O) groups excluding carboxylic acids is 2. The first-order chi connectivity index (χ1) is 34.1. The molecule has 3 aromatic carbocycles. The minimum absolute atomic E-state index is 0.00101. The van der Waals surface area contributed by atoms with Crippen molar-refractivity contribution in [3.05, 3.63) is 113 Å². The van der Waals surface area contributed by atoms with E-state index in [1.165, 1.54) is 32.6 Å². The zero-order valence-corrected chi connectivity index (χ0v) is 44.0. The van der Waals surface area contributed by atoms with Crippen molar-refractivity contribution < 1.29 is 27.5 Å². The smallest absolute Gasteiger partial charge is 0.331 e. The first-order valence-electron chi connectivity index (χ1n) is 25.1. The minimum Gasteiger partial charge on any atom is -0.490 e. The molecule has 2 aromatic heterocycles. The van der Waals surface area contributed by atoms with Crippen LogP contribution in [-0.4, -0.2) is 79.7 Å². The van der Waals surface area contributed by atoms with Crippen molar-refractivity contribution in [2.75, 3.05) is 47.8 Å². The number of Topliss-reactive ketones (excluding diaryl/α,β-unsaturated/α-hetero) is 1. The van der Waals surface area contributed by atoms with Crippen LogP contribution in [0.5, 0.6) is 11.5 Å². The number of aromatic nitrogens is 5. The highest BCUT2D eigenvalue weighted by atomic mass is 32.2. The predicted molar refractivity (Wildman–Crippen MR) is 281 cm³/mol. The minimum atomic E-state index is -2.04. The van der Waals surface area contributed by atoms with Crippen molar-refractivity contribution in [2.24, 2.45) is 17.8 Å². The predicted octanol–water partition coefficient (Wildman–Crippen LogP) is 10.9. The lowest BCUT2D eigenvalue weighted by atomic mass is 9.75. The summed E-state index contributed by atoms with van der Waals surface area (Å²) in [4.78, 5) is 46.0. The van der Waals surface area contributed by atoms with Crippen molar-refractivity contribution in [3.8, 4) is 22.9 Å². The second kappa shape index (κ2) is 23.2. The molecule has 1 saturated carbocycles. The lowest BCUT2D eigenvalue weighted by Gasteiger charge is -2.38. The van der Waals surface area contributed by atoms with Crippen molar-refractivity contribution in [1.29, 1.82) is 0 Å². The maximum atomic E-state index is 15.0. The Morgan fingerprint density at radius 1 is 0.944 bits per heavy atom. The summed E-state index contributed by atoms with van der Waals surface area (Å²) in [6.45, 7) is 28.3. The Morgan fingerprint density at radius 2 is 1.69 bits per heavy atom. The number of rotatable bonds is 23. The molecule has 7 rings (SSSR count). The summed E-state index contributed by atoms with van der Waals surface area (Å²) < 4.78 is 38.9. The summed E-state index contributed by atoms with van der Waals surface area (Å²) in [6, 6.07) is 17.2. The van der Waals surface area contributed by atoms with Gasteiger partial charge in [0.2, 0.25) is 5.70 Å². The normalized spacial score (nSPS) is 20.0. The molecule has 15 nitrogen and oxygen atoms in total. The van der Waals surface area contributed by atoms with Crippen LogP contribution in [-0.2, 0) is 31.3 Å². The molecule has 3 heterocycles. The average molecular weight is 986 g/mol. The van der Waals surface area contributed by atoms with Crippen LogP contribution in [0.4, 0.5) is 17.1 Å². The van der Waals surface area contributed by atoms with Gasteiger partial charge in [-0.2, -0.15) is 4.21 Å². The van der Waals surface area contributed by atoms with Crippen LogP contribution >= 0.6 is 0 Å². The zero-order valence-electron chi connectivity index (χ0n) is 43.2. The average Bonchev–Trinajstić information content (AvgIpc) is 4.08. The third-order valence-electron chi connectivity index (χ3n) is 13.9. The van der Waals surface area contributed by atoms with Gasteiger partial charge in [-0.05, 0) is 125 Å². The fourth-order valence-electron chi connectivity index (χ4n) is 10.2. The highest BCUT2D eigenvalue weighted by molar-refractivity contribution is 7.82. The summed E-state index contributed by atoms with van der Waals surface area (Å²) in [7, 11) is 2.02. The topological polar surface area (TPSA) is 150 Å². The van der Waals surface area contributed by atoms with Crippen LogP contribution in [0.1, 0.15) is 115 Å².